The number of aryl methyl sites for hydroxylation is 1. The first-order chi connectivity index (χ1) is 9.62. The maximum atomic E-state index is 12.1. The Balaban J connectivity index is 2.55. The van der Waals surface area contributed by atoms with E-state index in [4.69, 9.17) is 5.14 Å². The minimum absolute atomic E-state index is 0.149. The van der Waals surface area contributed by atoms with E-state index in [2.05, 4.69) is 0 Å². The molecule has 0 aliphatic carbocycles. The van der Waals surface area contributed by atoms with Gasteiger partial charge in [0, 0.05) is 19.0 Å². The number of benzene rings is 1. The van der Waals surface area contributed by atoms with Crippen molar-refractivity contribution in [2.45, 2.75) is 25.5 Å². The number of anilines is 1. The maximum absolute atomic E-state index is 12.1. The number of carbonyl (C=O) groups is 1. The molecule has 1 amide bonds. The third-order valence-electron chi connectivity index (χ3n) is 3.70. The Bertz CT molecular complexity index is 729. The molecule has 1 unspecified atom stereocenters. The number of primary sulfonamides is 1. The van der Waals surface area contributed by atoms with E-state index in [0.29, 0.717) is 5.56 Å². The summed E-state index contributed by atoms with van der Waals surface area (Å²) >= 11 is 0. The third kappa shape index (κ3) is 2.74. The van der Waals surface area contributed by atoms with E-state index in [-0.39, 0.29) is 24.3 Å². The van der Waals surface area contributed by atoms with Crippen LogP contribution in [0.5, 0.6) is 0 Å². The van der Waals surface area contributed by atoms with Crippen LogP contribution < -0.4 is 10.0 Å². The predicted octanol–water partition coefficient (Wildman–Crippen LogP) is 0.605. The van der Waals surface area contributed by atoms with E-state index in [9.17, 15) is 23.3 Å². The van der Waals surface area contributed by atoms with Crippen molar-refractivity contribution in [2.75, 3.05) is 11.4 Å². The summed E-state index contributed by atoms with van der Waals surface area (Å²) in [6, 6.07) is 2.91. The number of amides is 1. The van der Waals surface area contributed by atoms with Crippen LogP contribution in [0.3, 0.4) is 0 Å². The normalized spacial score (nSPS) is 19.1. The fourth-order valence-corrected chi connectivity index (χ4v) is 3.12. The minimum Gasteiger partial charge on any atom is -0.305 e. The first kappa shape index (κ1) is 15.4. The standard InChI is InChI=1S/C12H15N3O5S/c1-7-3-4-10(15(17)18)12(8(7)2)14-6-9(5-11(14)16)21(13,19)20/h3-4,9H,5-6H2,1-2H3,(H2,13,19,20). The summed E-state index contributed by atoms with van der Waals surface area (Å²) in [7, 11) is -3.86. The van der Waals surface area contributed by atoms with Gasteiger partial charge in [-0.1, -0.05) is 6.07 Å². The van der Waals surface area contributed by atoms with Crippen LogP contribution in [0, 0.1) is 24.0 Å². The van der Waals surface area contributed by atoms with E-state index in [1.165, 1.54) is 6.07 Å². The highest BCUT2D eigenvalue weighted by Gasteiger charge is 2.40. The zero-order valence-corrected chi connectivity index (χ0v) is 12.4. The average Bonchev–Trinajstić information content (AvgIpc) is 2.74. The van der Waals surface area contributed by atoms with Crippen molar-refractivity contribution in [3.8, 4) is 0 Å². The summed E-state index contributed by atoms with van der Waals surface area (Å²) in [4.78, 5) is 23.8. The Hall–Kier alpha value is -2.00. The number of nitrogens with zero attached hydrogens (tertiary/aromatic N) is 2. The maximum Gasteiger partial charge on any atom is 0.293 e. The fraction of sp³-hybridized carbons (Fsp3) is 0.417. The summed E-state index contributed by atoms with van der Waals surface area (Å²) < 4.78 is 22.8. The van der Waals surface area contributed by atoms with E-state index in [1.54, 1.807) is 19.9 Å². The summed E-state index contributed by atoms with van der Waals surface area (Å²) in [6.07, 6.45) is -0.261. The van der Waals surface area contributed by atoms with Crippen LogP contribution in [0.25, 0.3) is 0 Å². The largest absolute Gasteiger partial charge is 0.305 e. The highest BCUT2D eigenvalue weighted by molar-refractivity contribution is 7.89. The molecule has 1 heterocycles. The second-order valence-corrected chi connectivity index (χ2v) is 6.90. The lowest BCUT2D eigenvalue weighted by Crippen LogP contribution is -2.32. The van der Waals surface area contributed by atoms with Crippen molar-refractivity contribution < 1.29 is 18.1 Å². The average molecular weight is 313 g/mol. The van der Waals surface area contributed by atoms with Gasteiger partial charge in [0.15, 0.2) is 0 Å². The van der Waals surface area contributed by atoms with Crippen molar-refractivity contribution in [1.29, 1.82) is 0 Å². The van der Waals surface area contributed by atoms with Crippen molar-refractivity contribution in [3.05, 3.63) is 33.4 Å². The molecule has 1 aliphatic rings. The van der Waals surface area contributed by atoms with Crippen LogP contribution in [0.1, 0.15) is 17.5 Å². The lowest BCUT2D eigenvalue weighted by molar-refractivity contribution is -0.384. The van der Waals surface area contributed by atoms with Gasteiger partial charge in [0.2, 0.25) is 15.9 Å². The van der Waals surface area contributed by atoms with Gasteiger partial charge < -0.3 is 4.90 Å². The van der Waals surface area contributed by atoms with Gasteiger partial charge in [0.25, 0.3) is 5.69 Å². The van der Waals surface area contributed by atoms with E-state index in [1.807, 2.05) is 0 Å². The molecule has 1 saturated heterocycles. The molecular formula is C12H15N3O5S. The first-order valence-corrected chi connectivity index (χ1v) is 7.80. The minimum atomic E-state index is -3.86. The quantitative estimate of drug-likeness (QED) is 0.646. The molecule has 2 rings (SSSR count). The zero-order valence-electron chi connectivity index (χ0n) is 11.6. The number of hydrogen-bond acceptors (Lipinski definition) is 5. The number of nitro benzene ring substituents is 1. The molecule has 1 aromatic carbocycles. The van der Waals surface area contributed by atoms with Crippen LogP contribution in [0.2, 0.25) is 0 Å². The van der Waals surface area contributed by atoms with E-state index < -0.39 is 26.1 Å². The third-order valence-corrected chi connectivity index (χ3v) is 4.95. The van der Waals surface area contributed by atoms with Crippen molar-refractivity contribution in [3.63, 3.8) is 0 Å². The van der Waals surface area contributed by atoms with E-state index >= 15 is 0 Å². The Morgan fingerprint density at radius 1 is 1.38 bits per heavy atom. The zero-order chi connectivity index (χ0) is 15.9. The van der Waals surface area contributed by atoms with Gasteiger partial charge in [0.1, 0.15) is 10.9 Å². The topological polar surface area (TPSA) is 124 Å². The van der Waals surface area contributed by atoms with Gasteiger partial charge in [-0.25, -0.2) is 13.6 Å². The van der Waals surface area contributed by atoms with Gasteiger partial charge in [-0.2, -0.15) is 0 Å². The number of sulfonamides is 1. The Morgan fingerprint density at radius 2 is 2.00 bits per heavy atom. The van der Waals surface area contributed by atoms with Gasteiger partial charge in [-0.05, 0) is 25.0 Å². The molecular weight excluding hydrogens is 298 g/mol. The molecule has 8 nitrogen and oxygen atoms in total. The number of carbonyl (C=O) groups excluding carboxylic acids is 1. The van der Waals surface area contributed by atoms with Crippen LogP contribution in [-0.2, 0) is 14.8 Å². The monoisotopic (exact) mass is 313 g/mol. The Morgan fingerprint density at radius 3 is 2.48 bits per heavy atom. The van der Waals surface area contributed by atoms with Gasteiger partial charge in [-0.15, -0.1) is 0 Å². The molecule has 0 spiro atoms. The van der Waals surface area contributed by atoms with Crippen LogP contribution in [0.4, 0.5) is 11.4 Å². The highest BCUT2D eigenvalue weighted by Crippen LogP contribution is 2.36. The molecule has 0 aromatic heterocycles. The molecule has 2 N–H and O–H groups in total. The first-order valence-electron chi connectivity index (χ1n) is 6.19. The van der Waals surface area contributed by atoms with E-state index in [0.717, 1.165) is 10.5 Å². The second-order valence-electron chi connectivity index (χ2n) is 5.05. The highest BCUT2D eigenvalue weighted by atomic mass is 32.2. The molecule has 1 atom stereocenters. The smallest absolute Gasteiger partial charge is 0.293 e. The van der Waals surface area contributed by atoms with Crippen LogP contribution in [0.15, 0.2) is 12.1 Å². The summed E-state index contributed by atoms with van der Waals surface area (Å²) in [5, 5.41) is 15.2. The van der Waals surface area contributed by atoms with Gasteiger partial charge in [0.05, 0.1) is 4.92 Å². The SMILES string of the molecule is Cc1ccc([N+](=O)[O-])c(N2CC(S(N)(=O)=O)CC2=O)c1C. The predicted molar refractivity (Wildman–Crippen MR) is 76.4 cm³/mol. The molecule has 0 bridgehead atoms. The fourth-order valence-electron chi connectivity index (χ4n) is 2.39. The van der Waals surface area contributed by atoms with Crippen molar-refractivity contribution >= 4 is 27.3 Å². The molecule has 0 saturated carbocycles. The van der Waals surface area contributed by atoms with Gasteiger partial charge in [-0.3, -0.25) is 14.9 Å². The summed E-state index contributed by atoms with van der Waals surface area (Å²) in [5.74, 6) is -0.481. The second kappa shape index (κ2) is 5.08. The summed E-state index contributed by atoms with van der Waals surface area (Å²) in [5.41, 5.74) is 1.28. The molecule has 1 aliphatic heterocycles. The van der Waals surface area contributed by atoms with Crippen LogP contribution in [-0.4, -0.2) is 31.0 Å². The molecule has 0 radical (unpaired) electrons. The Kier molecular flexibility index (Phi) is 3.72. The van der Waals surface area contributed by atoms with Crippen molar-refractivity contribution in [2.24, 2.45) is 5.14 Å². The Labute approximate surface area is 121 Å². The number of hydrogen-bond donors (Lipinski definition) is 1. The van der Waals surface area contributed by atoms with Crippen LogP contribution >= 0.6 is 0 Å². The molecule has 1 fully saturated rings. The number of nitrogens with two attached hydrogens (primary N) is 1. The molecule has 114 valence electrons. The molecule has 21 heavy (non-hydrogen) atoms. The van der Waals surface area contributed by atoms with Crippen molar-refractivity contribution in [1.82, 2.24) is 0 Å². The lowest BCUT2D eigenvalue weighted by atomic mass is 10.1. The lowest BCUT2D eigenvalue weighted by Gasteiger charge is -2.19. The number of rotatable bonds is 3. The van der Waals surface area contributed by atoms with Gasteiger partial charge >= 0.3 is 0 Å². The number of nitro groups is 1. The summed E-state index contributed by atoms with van der Waals surface area (Å²) in [6.45, 7) is 3.26. The molecule has 9 heteroatoms. The molecule has 1 aromatic rings.